The van der Waals surface area contributed by atoms with E-state index in [1.807, 2.05) is 0 Å². The third kappa shape index (κ3) is 4.14. The molecule has 3 aliphatic rings. The first-order valence-corrected chi connectivity index (χ1v) is 11.3. The zero-order chi connectivity index (χ0) is 17.4. The van der Waals surface area contributed by atoms with Crippen LogP contribution in [0.2, 0.25) is 0 Å². The van der Waals surface area contributed by atoms with Gasteiger partial charge in [-0.05, 0) is 64.2 Å². The van der Waals surface area contributed by atoms with Gasteiger partial charge in [0.1, 0.15) is 0 Å². The molecule has 2 saturated heterocycles. The molecule has 0 bridgehead atoms. The van der Waals surface area contributed by atoms with Gasteiger partial charge < -0.3 is 4.74 Å². The molecule has 2 heterocycles. The zero-order valence-electron chi connectivity index (χ0n) is 15.5. The number of hydrogen-bond acceptors (Lipinski definition) is 4. The highest BCUT2D eigenvalue weighted by Crippen LogP contribution is 2.44. The van der Waals surface area contributed by atoms with E-state index in [0.717, 1.165) is 44.9 Å². The lowest BCUT2D eigenvalue weighted by Crippen LogP contribution is -2.45. The molecule has 140 valence electrons. The molecule has 24 heavy (non-hydrogen) atoms. The van der Waals surface area contributed by atoms with Gasteiger partial charge in [0.15, 0.2) is 0 Å². The van der Waals surface area contributed by atoms with Crippen molar-refractivity contribution in [2.24, 2.45) is 11.3 Å². The van der Waals surface area contributed by atoms with Gasteiger partial charge in [0.2, 0.25) is 10.0 Å². The second kappa shape index (κ2) is 7.22. The SMILES string of the molecule is CCS(=O)(=O)N1CCC2(CC1)CC(COCC1CC1)N(C(C)C)C2. The first-order valence-electron chi connectivity index (χ1n) is 9.66. The van der Waals surface area contributed by atoms with Gasteiger partial charge in [0.25, 0.3) is 0 Å². The zero-order valence-corrected chi connectivity index (χ0v) is 16.4. The fourth-order valence-electron chi connectivity index (χ4n) is 4.40. The standard InChI is InChI=1S/C18H34N2O3S/c1-4-24(21,22)19-9-7-18(8-10-19)11-17(20(14-18)15(2)3)13-23-12-16-5-6-16/h15-17H,4-14H2,1-3H3. The van der Waals surface area contributed by atoms with E-state index in [1.54, 1.807) is 11.2 Å². The summed E-state index contributed by atoms with van der Waals surface area (Å²) in [5.74, 6) is 1.03. The Bertz CT molecular complexity index is 522. The maximum Gasteiger partial charge on any atom is 0.213 e. The van der Waals surface area contributed by atoms with Crippen LogP contribution < -0.4 is 0 Å². The number of nitrogens with zero attached hydrogens (tertiary/aromatic N) is 2. The van der Waals surface area contributed by atoms with Gasteiger partial charge in [-0.25, -0.2) is 12.7 Å². The smallest absolute Gasteiger partial charge is 0.213 e. The molecule has 5 nitrogen and oxygen atoms in total. The van der Waals surface area contributed by atoms with Crippen LogP contribution in [0.25, 0.3) is 0 Å². The average molecular weight is 359 g/mol. The summed E-state index contributed by atoms with van der Waals surface area (Å²) in [7, 11) is -3.03. The molecule has 1 saturated carbocycles. The van der Waals surface area contributed by atoms with Crippen LogP contribution in [0.3, 0.4) is 0 Å². The van der Waals surface area contributed by atoms with E-state index in [9.17, 15) is 8.42 Å². The predicted molar refractivity (Wildman–Crippen MR) is 96.5 cm³/mol. The van der Waals surface area contributed by atoms with Crippen molar-refractivity contribution in [3.05, 3.63) is 0 Å². The van der Waals surface area contributed by atoms with Gasteiger partial charge in [-0.1, -0.05) is 0 Å². The molecule has 3 rings (SSSR count). The maximum atomic E-state index is 12.1. The Labute approximate surface area is 147 Å². The molecule has 0 N–H and O–H groups in total. The van der Waals surface area contributed by atoms with E-state index in [1.165, 1.54) is 12.8 Å². The molecular weight excluding hydrogens is 324 g/mol. The third-order valence-corrected chi connectivity index (χ3v) is 8.10. The van der Waals surface area contributed by atoms with Crippen molar-refractivity contribution in [3.8, 4) is 0 Å². The van der Waals surface area contributed by atoms with E-state index in [-0.39, 0.29) is 11.2 Å². The Morgan fingerprint density at radius 1 is 1.17 bits per heavy atom. The Morgan fingerprint density at radius 2 is 1.83 bits per heavy atom. The number of sulfonamides is 1. The van der Waals surface area contributed by atoms with Gasteiger partial charge in [-0.15, -0.1) is 0 Å². The second-order valence-electron chi connectivity index (χ2n) is 8.40. The summed E-state index contributed by atoms with van der Waals surface area (Å²) < 4.78 is 31.9. The molecule has 6 heteroatoms. The highest BCUT2D eigenvalue weighted by atomic mass is 32.2. The van der Waals surface area contributed by atoms with E-state index in [2.05, 4.69) is 18.7 Å². The van der Waals surface area contributed by atoms with Crippen LogP contribution in [-0.4, -0.2) is 68.3 Å². The van der Waals surface area contributed by atoms with E-state index in [0.29, 0.717) is 25.2 Å². The van der Waals surface area contributed by atoms with Crippen molar-refractivity contribution in [1.82, 2.24) is 9.21 Å². The first-order chi connectivity index (χ1) is 11.4. The van der Waals surface area contributed by atoms with Gasteiger partial charge in [-0.3, -0.25) is 4.90 Å². The quantitative estimate of drug-likeness (QED) is 0.701. The monoisotopic (exact) mass is 358 g/mol. The summed E-state index contributed by atoms with van der Waals surface area (Å²) in [4.78, 5) is 2.59. The first kappa shape index (κ1) is 18.6. The lowest BCUT2D eigenvalue weighted by molar-refractivity contribution is 0.0601. The summed E-state index contributed by atoms with van der Waals surface area (Å²) in [6.45, 7) is 10.5. The van der Waals surface area contributed by atoms with Crippen LogP contribution in [-0.2, 0) is 14.8 Å². The van der Waals surface area contributed by atoms with Crippen molar-refractivity contribution >= 4 is 10.0 Å². The maximum absolute atomic E-state index is 12.1. The molecule has 1 unspecified atom stereocenters. The molecule has 0 radical (unpaired) electrons. The van der Waals surface area contributed by atoms with E-state index in [4.69, 9.17) is 4.74 Å². The minimum atomic E-state index is -3.03. The van der Waals surface area contributed by atoms with Crippen LogP contribution in [0.4, 0.5) is 0 Å². The van der Waals surface area contributed by atoms with Crippen molar-refractivity contribution < 1.29 is 13.2 Å². The minimum Gasteiger partial charge on any atom is -0.380 e. The molecule has 0 aromatic rings. The van der Waals surface area contributed by atoms with Crippen LogP contribution in [0.15, 0.2) is 0 Å². The lowest BCUT2D eigenvalue weighted by atomic mass is 9.77. The fourth-order valence-corrected chi connectivity index (χ4v) is 5.50. The molecule has 0 aromatic heterocycles. The summed E-state index contributed by atoms with van der Waals surface area (Å²) in [6.07, 6.45) is 5.83. The Balaban J connectivity index is 1.58. The van der Waals surface area contributed by atoms with Crippen LogP contribution in [0.1, 0.15) is 52.9 Å². The van der Waals surface area contributed by atoms with Crippen LogP contribution >= 0.6 is 0 Å². The largest absolute Gasteiger partial charge is 0.380 e. The minimum absolute atomic E-state index is 0.218. The molecule has 1 aliphatic carbocycles. The van der Waals surface area contributed by atoms with Gasteiger partial charge >= 0.3 is 0 Å². The number of ether oxygens (including phenoxy) is 1. The summed E-state index contributed by atoms with van der Waals surface area (Å²) in [6, 6.07) is 1.02. The molecule has 0 amide bonds. The Kier molecular flexibility index (Phi) is 5.60. The second-order valence-corrected chi connectivity index (χ2v) is 10.7. The van der Waals surface area contributed by atoms with Gasteiger partial charge in [-0.2, -0.15) is 0 Å². The fraction of sp³-hybridized carbons (Fsp3) is 1.00. The highest BCUT2D eigenvalue weighted by Gasteiger charge is 2.47. The van der Waals surface area contributed by atoms with Crippen molar-refractivity contribution in [1.29, 1.82) is 0 Å². The molecule has 0 aromatic carbocycles. The van der Waals surface area contributed by atoms with Crippen LogP contribution in [0.5, 0.6) is 0 Å². The Hall–Kier alpha value is -0.170. The Morgan fingerprint density at radius 3 is 2.38 bits per heavy atom. The number of piperidine rings is 1. The lowest BCUT2D eigenvalue weighted by Gasteiger charge is -2.39. The number of hydrogen-bond donors (Lipinski definition) is 0. The normalized spacial score (nSPS) is 28.9. The molecule has 1 atom stereocenters. The molecule has 1 spiro atoms. The van der Waals surface area contributed by atoms with Crippen molar-refractivity contribution in [2.45, 2.75) is 65.0 Å². The van der Waals surface area contributed by atoms with E-state index >= 15 is 0 Å². The molecule has 3 fully saturated rings. The van der Waals surface area contributed by atoms with Crippen molar-refractivity contribution in [2.75, 3.05) is 38.6 Å². The van der Waals surface area contributed by atoms with Crippen molar-refractivity contribution in [3.63, 3.8) is 0 Å². The predicted octanol–water partition coefficient (Wildman–Crippen LogP) is 2.33. The summed E-state index contributed by atoms with van der Waals surface area (Å²) in [5.41, 5.74) is 0.289. The van der Waals surface area contributed by atoms with Gasteiger partial charge in [0, 0.05) is 38.3 Å². The molecular formula is C18H34N2O3S. The van der Waals surface area contributed by atoms with E-state index < -0.39 is 10.0 Å². The van der Waals surface area contributed by atoms with Gasteiger partial charge in [0.05, 0.1) is 12.4 Å². The number of likely N-dealkylation sites (tertiary alicyclic amines) is 1. The average Bonchev–Trinajstić information content (AvgIpc) is 3.30. The number of rotatable bonds is 7. The third-order valence-electron chi connectivity index (χ3n) is 6.22. The van der Waals surface area contributed by atoms with Crippen LogP contribution in [0, 0.1) is 11.3 Å². The topological polar surface area (TPSA) is 49.9 Å². The summed E-state index contributed by atoms with van der Waals surface area (Å²) >= 11 is 0. The summed E-state index contributed by atoms with van der Waals surface area (Å²) in [5, 5.41) is 0. The highest BCUT2D eigenvalue weighted by molar-refractivity contribution is 7.89. The molecule has 2 aliphatic heterocycles.